The zero-order valence-corrected chi connectivity index (χ0v) is 25.2. The molecule has 9 nitrogen and oxygen atoms in total. The molecule has 0 saturated carbocycles. The van der Waals surface area contributed by atoms with E-state index in [1.54, 1.807) is 45.3 Å². The quantitative estimate of drug-likeness (QED) is 0.256. The molecule has 1 atom stereocenters. The standard InChI is InChI=1S/C32H43N5O4/c1-8-37(9-2)18-19-40-27-16-14-26(15-17-27)35-31-33-20-25(21-34-31)23-10-12-24(13-11-23)29(38)36-28(22(3)4)30(39)41-32(5,6)7/h10-17,20-22,28H,8-9,18-19H2,1-7H3,(H,36,38)(H,33,34,35)/t28-/m0/s1. The van der Waals surface area contributed by atoms with Crippen LogP contribution in [0.3, 0.4) is 0 Å². The van der Waals surface area contributed by atoms with E-state index >= 15 is 0 Å². The van der Waals surface area contributed by atoms with Crippen LogP contribution in [0.15, 0.2) is 60.9 Å². The SMILES string of the molecule is CCN(CC)CCOc1ccc(Nc2ncc(-c3ccc(C(=O)N[C@H](C(=O)OC(C)(C)C)C(C)C)cc3)cn2)cc1. The zero-order chi connectivity index (χ0) is 30.0. The molecule has 0 aliphatic carbocycles. The molecule has 0 spiro atoms. The van der Waals surface area contributed by atoms with Crippen LogP contribution in [0.25, 0.3) is 11.1 Å². The highest BCUT2D eigenvalue weighted by Crippen LogP contribution is 2.22. The number of esters is 1. The molecule has 220 valence electrons. The minimum absolute atomic E-state index is 0.119. The summed E-state index contributed by atoms with van der Waals surface area (Å²) in [6.45, 7) is 17.0. The predicted octanol–water partition coefficient (Wildman–Crippen LogP) is 5.70. The summed E-state index contributed by atoms with van der Waals surface area (Å²) in [5, 5.41) is 6.01. The molecule has 1 amide bonds. The fourth-order valence-electron chi connectivity index (χ4n) is 4.04. The predicted molar refractivity (Wildman–Crippen MR) is 162 cm³/mol. The van der Waals surface area contributed by atoms with Crippen molar-refractivity contribution in [3.05, 3.63) is 66.5 Å². The van der Waals surface area contributed by atoms with E-state index in [1.165, 1.54) is 0 Å². The maximum absolute atomic E-state index is 12.9. The minimum atomic E-state index is -0.740. The Kier molecular flexibility index (Phi) is 11.2. The molecular formula is C32H43N5O4. The van der Waals surface area contributed by atoms with E-state index in [9.17, 15) is 9.59 Å². The third kappa shape index (κ3) is 9.86. The summed E-state index contributed by atoms with van der Waals surface area (Å²) in [5.74, 6) is 0.393. The Balaban J connectivity index is 1.56. The topological polar surface area (TPSA) is 106 Å². The molecule has 3 aromatic rings. The highest BCUT2D eigenvalue weighted by Gasteiger charge is 2.29. The minimum Gasteiger partial charge on any atom is -0.492 e. The van der Waals surface area contributed by atoms with Gasteiger partial charge in [0, 0.05) is 35.8 Å². The van der Waals surface area contributed by atoms with Crippen LogP contribution in [-0.2, 0) is 9.53 Å². The van der Waals surface area contributed by atoms with Crippen LogP contribution in [-0.4, -0.2) is 64.6 Å². The largest absolute Gasteiger partial charge is 0.492 e. The second-order valence-corrected chi connectivity index (χ2v) is 11.1. The monoisotopic (exact) mass is 561 g/mol. The van der Waals surface area contributed by atoms with Gasteiger partial charge in [0.2, 0.25) is 5.95 Å². The van der Waals surface area contributed by atoms with E-state index in [0.717, 1.165) is 42.2 Å². The summed E-state index contributed by atoms with van der Waals surface area (Å²) < 4.78 is 11.3. The molecular weight excluding hydrogens is 518 g/mol. The molecule has 3 rings (SSSR count). The van der Waals surface area contributed by atoms with Crippen LogP contribution in [0.4, 0.5) is 11.6 Å². The molecule has 41 heavy (non-hydrogen) atoms. The number of hydrogen-bond acceptors (Lipinski definition) is 8. The lowest BCUT2D eigenvalue weighted by Crippen LogP contribution is -2.47. The van der Waals surface area contributed by atoms with E-state index in [2.05, 4.69) is 39.3 Å². The second-order valence-electron chi connectivity index (χ2n) is 11.1. The number of rotatable bonds is 13. The highest BCUT2D eigenvalue weighted by atomic mass is 16.6. The van der Waals surface area contributed by atoms with E-state index < -0.39 is 17.6 Å². The van der Waals surface area contributed by atoms with Crippen molar-refractivity contribution in [2.24, 2.45) is 5.92 Å². The second kappa shape index (κ2) is 14.6. The fourth-order valence-corrected chi connectivity index (χ4v) is 4.04. The molecule has 9 heteroatoms. The first-order chi connectivity index (χ1) is 19.5. The van der Waals surface area contributed by atoms with E-state index in [4.69, 9.17) is 9.47 Å². The molecule has 0 fully saturated rings. The lowest BCUT2D eigenvalue weighted by Gasteiger charge is -2.26. The van der Waals surface area contributed by atoms with Gasteiger partial charge >= 0.3 is 5.97 Å². The number of carbonyl (C=O) groups excluding carboxylic acids is 2. The number of amides is 1. The lowest BCUT2D eigenvalue weighted by atomic mass is 10.0. The van der Waals surface area contributed by atoms with Gasteiger partial charge in [0.25, 0.3) is 5.91 Å². The summed E-state index contributed by atoms with van der Waals surface area (Å²) in [6, 6.07) is 14.1. The van der Waals surface area contributed by atoms with Crippen LogP contribution >= 0.6 is 0 Å². The van der Waals surface area contributed by atoms with Crippen LogP contribution in [0.1, 0.15) is 58.8 Å². The molecule has 0 saturated heterocycles. The van der Waals surface area contributed by atoms with Crippen molar-refractivity contribution in [1.29, 1.82) is 0 Å². The molecule has 1 heterocycles. The van der Waals surface area contributed by atoms with Gasteiger partial charge in [0.15, 0.2) is 0 Å². The van der Waals surface area contributed by atoms with Gasteiger partial charge in [0.05, 0.1) is 0 Å². The van der Waals surface area contributed by atoms with E-state index in [0.29, 0.717) is 18.1 Å². The van der Waals surface area contributed by atoms with Crippen LogP contribution in [0, 0.1) is 5.92 Å². The third-order valence-electron chi connectivity index (χ3n) is 6.43. The number of nitrogens with zero attached hydrogens (tertiary/aromatic N) is 3. The molecule has 2 aromatic carbocycles. The van der Waals surface area contributed by atoms with Gasteiger partial charge in [-0.1, -0.05) is 39.8 Å². The van der Waals surface area contributed by atoms with Crippen LogP contribution in [0.5, 0.6) is 5.75 Å². The number of carbonyl (C=O) groups is 2. The Morgan fingerprint density at radius 2 is 1.51 bits per heavy atom. The van der Waals surface area contributed by atoms with Crippen molar-refractivity contribution in [2.45, 2.75) is 60.1 Å². The summed E-state index contributed by atoms with van der Waals surface area (Å²) in [7, 11) is 0. The van der Waals surface area contributed by atoms with Crippen molar-refractivity contribution >= 4 is 23.5 Å². The molecule has 0 aliphatic rings. The van der Waals surface area contributed by atoms with Crippen LogP contribution < -0.4 is 15.4 Å². The van der Waals surface area contributed by atoms with Crippen LogP contribution in [0.2, 0.25) is 0 Å². The van der Waals surface area contributed by atoms with Gasteiger partial charge in [-0.15, -0.1) is 0 Å². The number of anilines is 2. The number of likely N-dealkylation sites (N-methyl/N-ethyl adjacent to an activating group) is 1. The van der Waals surface area contributed by atoms with Gasteiger partial charge < -0.3 is 25.0 Å². The van der Waals surface area contributed by atoms with Crippen molar-refractivity contribution in [3.8, 4) is 16.9 Å². The van der Waals surface area contributed by atoms with E-state index in [1.807, 2.05) is 50.2 Å². The first kappa shape index (κ1) is 31.5. The summed E-state index contributed by atoms with van der Waals surface area (Å²) in [5.41, 5.74) is 2.35. The summed E-state index contributed by atoms with van der Waals surface area (Å²) in [4.78, 5) is 36.6. The van der Waals surface area contributed by atoms with Gasteiger partial charge in [-0.2, -0.15) is 0 Å². The number of aromatic nitrogens is 2. The number of nitrogens with one attached hydrogen (secondary N) is 2. The van der Waals surface area contributed by atoms with Crippen molar-refractivity contribution in [1.82, 2.24) is 20.2 Å². The van der Waals surface area contributed by atoms with Gasteiger partial charge in [-0.3, -0.25) is 4.79 Å². The summed E-state index contributed by atoms with van der Waals surface area (Å²) >= 11 is 0. The first-order valence-corrected chi connectivity index (χ1v) is 14.2. The Bertz CT molecular complexity index is 1250. The molecule has 0 unspecified atom stereocenters. The first-order valence-electron chi connectivity index (χ1n) is 14.2. The number of ether oxygens (including phenoxy) is 2. The Labute approximate surface area is 243 Å². The molecule has 2 N–H and O–H groups in total. The maximum atomic E-state index is 12.9. The molecule has 0 aliphatic heterocycles. The Morgan fingerprint density at radius 1 is 0.902 bits per heavy atom. The Hall–Kier alpha value is -3.98. The zero-order valence-electron chi connectivity index (χ0n) is 25.2. The average molecular weight is 562 g/mol. The average Bonchev–Trinajstić information content (AvgIpc) is 2.94. The molecule has 0 radical (unpaired) electrons. The van der Waals surface area contributed by atoms with Gasteiger partial charge in [-0.25, -0.2) is 14.8 Å². The third-order valence-corrected chi connectivity index (χ3v) is 6.43. The number of benzene rings is 2. The molecule has 1 aromatic heterocycles. The Morgan fingerprint density at radius 3 is 2.05 bits per heavy atom. The van der Waals surface area contributed by atoms with Gasteiger partial charge in [0.1, 0.15) is 24.0 Å². The fraction of sp³-hybridized carbons (Fsp3) is 0.438. The maximum Gasteiger partial charge on any atom is 0.329 e. The smallest absolute Gasteiger partial charge is 0.329 e. The summed E-state index contributed by atoms with van der Waals surface area (Å²) in [6.07, 6.45) is 3.46. The lowest BCUT2D eigenvalue weighted by molar-refractivity contribution is -0.158. The van der Waals surface area contributed by atoms with Crippen molar-refractivity contribution in [3.63, 3.8) is 0 Å². The molecule has 0 bridgehead atoms. The van der Waals surface area contributed by atoms with Crippen molar-refractivity contribution < 1.29 is 19.1 Å². The number of hydrogen-bond donors (Lipinski definition) is 2. The highest BCUT2D eigenvalue weighted by molar-refractivity contribution is 5.97. The van der Waals surface area contributed by atoms with E-state index in [-0.39, 0.29) is 11.8 Å². The van der Waals surface area contributed by atoms with Crippen molar-refractivity contribution in [2.75, 3.05) is 31.6 Å². The normalized spacial score (nSPS) is 12.2. The van der Waals surface area contributed by atoms with Gasteiger partial charge in [-0.05, 0) is 81.7 Å².